The molecule has 0 saturated heterocycles. The number of nitrogens with one attached hydrogen (secondary N) is 4. The van der Waals surface area contributed by atoms with Gasteiger partial charge in [-0.05, 0) is 29.8 Å². The number of anilines is 1. The third kappa shape index (κ3) is 4.70. The molecule has 0 saturated carbocycles. The molecule has 2 aromatic carbocycles. The summed E-state index contributed by atoms with van der Waals surface area (Å²) in [5.41, 5.74) is 2.94. The standard InChI is InChI=1S/C23H23FN6O2S/c1-26-11-16(10-25)32-23-29-21-19(17-8-14(24)9-18(27-2)20(17)28-21)22(30-23)33-12-13-4-6-15(31-3)7-5-13/h4-11,25-27H,12H2,1-3H3,(H,28,29,30)/b16-11+,25-10?. The average Bonchev–Trinajstić information content (AvgIpc) is 3.20. The molecule has 0 bridgehead atoms. The minimum absolute atomic E-state index is 0.0859. The van der Waals surface area contributed by atoms with Crippen LogP contribution in [0.1, 0.15) is 5.56 Å². The minimum atomic E-state index is -0.359. The first-order valence-electron chi connectivity index (χ1n) is 10.1. The topological polar surface area (TPSA) is 108 Å². The summed E-state index contributed by atoms with van der Waals surface area (Å²) in [5, 5.41) is 15.4. The van der Waals surface area contributed by atoms with Crippen LogP contribution < -0.4 is 20.1 Å². The molecule has 0 radical (unpaired) electrons. The highest BCUT2D eigenvalue weighted by Crippen LogP contribution is 2.37. The van der Waals surface area contributed by atoms with E-state index in [0.717, 1.165) is 23.0 Å². The minimum Gasteiger partial charge on any atom is -0.497 e. The van der Waals surface area contributed by atoms with Crippen molar-refractivity contribution in [3.63, 3.8) is 0 Å². The van der Waals surface area contributed by atoms with E-state index in [2.05, 4.69) is 25.6 Å². The quantitative estimate of drug-likeness (QED) is 0.123. The molecule has 4 rings (SSSR count). The average molecular weight is 467 g/mol. The summed E-state index contributed by atoms with van der Waals surface area (Å²) in [6.45, 7) is 0. The molecule has 0 amide bonds. The van der Waals surface area contributed by atoms with Crippen molar-refractivity contribution in [3.8, 4) is 11.8 Å². The van der Waals surface area contributed by atoms with Crippen molar-refractivity contribution in [3.05, 3.63) is 59.7 Å². The van der Waals surface area contributed by atoms with Crippen molar-refractivity contribution in [1.82, 2.24) is 20.3 Å². The monoisotopic (exact) mass is 466 g/mol. The van der Waals surface area contributed by atoms with E-state index in [0.29, 0.717) is 32.9 Å². The summed E-state index contributed by atoms with van der Waals surface area (Å²) in [7, 11) is 5.07. The summed E-state index contributed by atoms with van der Waals surface area (Å²) >= 11 is 1.49. The van der Waals surface area contributed by atoms with Gasteiger partial charge in [0.1, 0.15) is 22.2 Å². The van der Waals surface area contributed by atoms with E-state index in [1.54, 1.807) is 21.2 Å². The second-order valence-electron chi connectivity index (χ2n) is 7.00. The lowest BCUT2D eigenvalue weighted by Crippen LogP contribution is -2.06. The van der Waals surface area contributed by atoms with Gasteiger partial charge in [-0.15, -0.1) is 11.8 Å². The molecule has 33 heavy (non-hydrogen) atoms. The highest BCUT2D eigenvalue weighted by Gasteiger charge is 2.18. The zero-order chi connectivity index (χ0) is 23.4. The van der Waals surface area contributed by atoms with Gasteiger partial charge in [-0.3, -0.25) is 0 Å². The normalized spacial score (nSPS) is 11.6. The SMILES string of the molecule is CN/C=C(\C=N)Oc1nc(SCc2ccc(OC)cc2)c2c(n1)[nH]c1c(NC)cc(F)cc12. The van der Waals surface area contributed by atoms with Crippen molar-refractivity contribution in [2.75, 3.05) is 26.5 Å². The number of benzene rings is 2. The van der Waals surface area contributed by atoms with Crippen molar-refractivity contribution >= 4 is 45.6 Å². The number of fused-ring (bicyclic) bond motifs is 3. The van der Waals surface area contributed by atoms with Crippen molar-refractivity contribution in [2.45, 2.75) is 10.8 Å². The molecule has 2 heterocycles. The fourth-order valence-electron chi connectivity index (χ4n) is 3.38. The number of hydrogen-bond acceptors (Lipinski definition) is 8. The third-order valence-electron chi connectivity index (χ3n) is 4.91. The van der Waals surface area contributed by atoms with E-state index in [9.17, 15) is 4.39 Å². The van der Waals surface area contributed by atoms with Crippen LogP contribution in [-0.4, -0.2) is 42.4 Å². The number of allylic oxidation sites excluding steroid dienone is 1. The van der Waals surface area contributed by atoms with Gasteiger partial charge in [0.2, 0.25) is 0 Å². The zero-order valence-electron chi connectivity index (χ0n) is 18.3. The van der Waals surface area contributed by atoms with Gasteiger partial charge in [0.05, 0.1) is 29.9 Å². The maximum atomic E-state index is 14.3. The van der Waals surface area contributed by atoms with E-state index in [-0.39, 0.29) is 17.6 Å². The van der Waals surface area contributed by atoms with Crippen molar-refractivity contribution in [2.24, 2.45) is 0 Å². The second-order valence-corrected chi connectivity index (χ2v) is 7.97. The van der Waals surface area contributed by atoms with Crippen LogP contribution in [0.5, 0.6) is 11.8 Å². The number of thioether (sulfide) groups is 1. The van der Waals surface area contributed by atoms with Crippen LogP contribution >= 0.6 is 11.8 Å². The Labute approximate surface area is 194 Å². The number of H-pyrrole nitrogens is 1. The molecule has 0 fully saturated rings. The highest BCUT2D eigenvalue weighted by atomic mass is 32.2. The lowest BCUT2D eigenvalue weighted by molar-refractivity contribution is 0.413. The first kappa shape index (κ1) is 22.4. The molecule has 2 aromatic heterocycles. The Morgan fingerprint density at radius 1 is 1.21 bits per heavy atom. The number of ether oxygens (including phenoxy) is 2. The summed E-state index contributed by atoms with van der Waals surface area (Å²) in [6, 6.07) is 10.8. The van der Waals surface area contributed by atoms with Gasteiger partial charge in [-0.2, -0.15) is 9.97 Å². The molecular weight excluding hydrogens is 443 g/mol. The summed E-state index contributed by atoms with van der Waals surface area (Å²) in [4.78, 5) is 12.3. The molecular formula is C23H23FN6O2S. The summed E-state index contributed by atoms with van der Waals surface area (Å²) in [5.74, 6) is 1.30. The van der Waals surface area contributed by atoms with Gasteiger partial charge >= 0.3 is 6.01 Å². The van der Waals surface area contributed by atoms with E-state index in [1.807, 2.05) is 24.3 Å². The van der Waals surface area contributed by atoms with Crippen LogP contribution in [0, 0.1) is 11.2 Å². The predicted molar refractivity (Wildman–Crippen MR) is 130 cm³/mol. The molecule has 0 aliphatic carbocycles. The maximum absolute atomic E-state index is 14.3. The zero-order valence-corrected chi connectivity index (χ0v) is 19.1. The lowest BCUT2D eigenvalue weighted by atomic mass is 10.2. The molecule has 4 aromatic rings. The number of methoxy groups -OCH3 is 1. The van der Waals surface area contributed by atoms with Crippen LogP contribution in [-0.2, 0) is 5.75 Å². The van der Waals surface area contributed by atoms with Crippen LogP contribution in [0.4, 0.5) is 10.1 Å². The number of rotatable bonds is 9. The van der Waals surface area contributed by atoms with Crippen molar-refractivity contribution < 1.29 is 13.9 Å². The number of hydrogen-bond donors (Lipinski definition) is 4. The van der Waals surface area contributed by atoms with Gasteiger partial charge < -0.3 is 30.5 Å². The lowest BCUT2D eigenvalue weighted by Gasteiger charge is -2.08. The second kappa shape index (κ2) is 9.78. The van der Waals surface area contributed by atoms with Crippen LogP contribution in [0.25, 0.3) is 21.9 Å². The van der Waals surface area contributed by atoms with Crippen LogP contribution in [0.15, 0.2) is 53.4 Å². The van der Waals surface area contributed by atoms with Crippen LogP contribution in [0.3, 0.4) is 0 Å². The Hall–Kier alpha value is -3.79. The Balaban J connectivity index is 1.82. The number of halogens is 1. The van der Waals surface area contributed by atoms with E-state index >= 15 is 0 Å². The maximum Gasteiger partial charge on any atom is 0.325 e. The summed E-state index contributed by atoms with van der Waals surface area (Å²) < 4.78 is 25.3. The van der Waals surface area contributed by atoms with Gasteiger partial charge in [0, 0.05) is 31.4 Å². The predicted octanol–water partition coefficient (Wildman–Crippen LogP) is 4.68. The molecule has 0 aliphatic heterocycles. The number of aromatic amines is 1. The number of aromatic nitrogens is 3. The Morgan fingerprint density at radius 3 is 2.67 bits per heavy atom. The Bertz CT molecular complexity index is 1340. The highest BCUT2D eigenvalue weighted by molar-refractivity contribution is 7.98. The van der Waals surface area contributed by atoms with E-state index < -0.39 is 0 Å². The fourth-order valence-corrected chi connectivity index (χ4v) is 4.37. The molecule has 4 N–H and O–H groups in total. The first-order valence-corrected chi connectivity index (χ1v) is 11.1. The molecule has 0 aliphatic rings. The van der Waals surface area contributed by atoms with E-state index in [4.69, 9.17) is 14.9 Å². The van der Waals surface area contributed by atoms with E-state index in [1.165, 1.54) is 30.1 Å². The number of nitrogens with zero attached hydrogens (tertiary/aromatic N) is 2. The van der Waals surface area contributed by atoms with Gasteiger partial charge in [-0.25, -0.2) is 4.39 Å². The van der Waals surface area contributed by atoms with Gasteiger partial charge in [0.15, 0.2) is 5.76 Å². The molecule has 0 unspecified atom stereocenters. The molecule has 8 nitrogen and oxygen atoms in total. The molecule has 0 spiro atoms. The summed E-state index contributed by atoms with van der Waals surface area (Å²) in [6.07, 6.45) is 2.60. The molecule has 170 valence electrons. The van der Waals surface area contributed by atoms with Crippen LogP contribution in [0.2, 0.25) is 0 Å². The third-order valence-corrected chi connectivity index (χ3v) is 5.96. The van der Waals surface area contributed by atoms with Crippen molar-refractivity contribution in [1.29, 1.82) is 5.41 Å². The Kier molecular flexibility index (Phi) is 6.64. The molecule has 0 atom stereocenters. The fraction of sp³-hybridized carbons (Fsp3) is 0.174. The van der Waals surface area contributed by atoms with Gasteiger partial charge in [0.25, 0.3) is 0 Å². The Morgan fingerprint density at radius 2 is 2.00 bits per heavy atom. The largest absolute Gasteiger partial charge is 0.497 e. The van der Waals surface area contributed by atoms with Gasteiger partial charge in [-0.1, -0.05) is 12.1 Å². The molecule has 10 heteroatoms. The smallest absolute Gasteiger partial charge is 0.325 e. The first-order chi connectivity index (χ1) is 16.1.